The minimum atomic E-state index is -0.875. The van der Waals surface area contributed by atoms with Crippen molar-refractivity contribution >= 4 is 12.6 Å². The number of aliphatic hydroxyl groups is 1. The zero-order chi connectivity index (χ0) is 17.3. The first-order chi connectivity index (χ1) is 10.3. The predicted octanol–water partition coefficient (Wildman–Crippen LogP) is 3.26. The third kappa shape index (κ3) is 2.97. The fourth-order valence-electron chi connectivity index (χ4n) is 2.94. The van der Waals surface area contributed by atoms with Gasteiger partial charge in [-0.25, -0.2) is 0 Å². The molecule has 1 aromatic rings. The summed E-state index contributed by atoms with van der Waals surface area (Å²) in [4.78, 5) is 0. The lowest BCUT2D eigenvalue weighted by molar-refractivity contribution is 0.00578. The lowest BCUT2D eigenvalue weighted by Crippen LogP contribution is -2.41. The monoisotopic (exact) mass is 316 g/mol. The molecule has 1 saturated heterocycles. The van der Waals surface area contributed by atoms with Crippen molar-refractivity contribution in [3.63, 3.8) is 0 Å². The van der Waals surface area contributed by atoms with E-state index in [9.17, 15) is 5.11 Å². The zero-order valence-corrected chi connectivity index (χ0v) is 15.5. The average Bonchev–Trinajstić information content (AvgIpc) is 3.10. The fourth-order valence-corrected chi connectivity index (χ4v) is 2.94. The van der Waals surface area contributed by atoms with Gasteiger partial charge in [-0.15, -0.1) is 0 Å². The maximum atomic E-state index is 10.5. The molecule has 23 heavy (non-hydrogen) atoms. The molecule has 0 aromatic heterocycles. The maximum absolute atomic E-state index is 10.5. The van der Waals surface area contributed by atoms with Crippen LogP contribution in [0.3, 0.4) is 0 Å². The van der Waals surface area contributed by atoms with E-state index in [2.05, 4.69) is 46.8 Å². The second kappa shape index (κ2) is 4.84. The molecule has 3 rings (SSSR count). The summed E-state index contributed by atoms with van der Waals surface area (Å²) in [5.74, 6) is 0. The molecule has 1 heterocycles. The van der Waals surface area contributed by atoms with E-state index in [1.54, 1.807) is 0 Å². The smallest absolute Gasteiger partial charge is 0.399 e. The molecule has 2 aliphatic rings. The Bertz CT molecular complexity index is 584. The molecule has 1 aliphatic carbocycles. The Morgan fingerprint density at radius 3 is 1.91 bits per heavy atom. The Balaban J connectivity index is 2.03. The molecule has 1 saturated carbocycles. The number of rotatable bonds is 3. The molecule has 1 N–H and O–H groups in total. The van der Waals surface area contributed by atoms with Gasteiger partial charge < -0.3 is 14.4 Å². The van der Waals surface area contributed by atoms with Gasteiger partial charge in [0.25, 0.3) is 0 Å². The third-order valence-corrected chi connectivity index (χ3v) is 5.88. The van der Waals surface area contributed by atoms with Gasteiger partial charge in [0.05, 0.1) is 16.8 Å². The van der Waals surface area contributed by atoms with Gasteiger partial charge in [0, 0.05) is 0 Å². The first kappa shape index (κ1) is 17.0. The topological polar surface area (TPSA) is 38.7 Å². The summed E-state index contributed by atoms with van der Waals surface area (Å²) in [5, 5.41) is 10.5. The van der Waals surface area contributed by atoms with Crippen LogP contribution in [0.2, 0.25) is 0 Å². The predicted molar refractivity (Wildman–Crippen MR) is 94.0 cm³/mol. The molecule has 0 bridgehead atoms. The Morgan fingerprint density at radius 1 is 0.957 bits per heavy atom. The standard InChI is InChI=1S/C19H29BO3/c1-16(2,21)13-10-14(19(7)8-9-19)12-15(11-13)20-22-17(3,4)18(5,6)23-20/h10-12,21H,8-9H2,1-7H3. The summed E-state index contributed by atoms with van der Waals surface area (Å²) < 4.78 is 12.4. The third-order valence-electron chi connectivity index (χ3n) is 5.88. The van der Waals surface area contributed by atoms with Crippen LogP contribution in [0.15, 0.2) is 18.2 Å². The highest BCUT2D eigenvalue weighted by molar-refractivity contribution is 6.62. The highest BCUT2D eigenvalue weighted by Gasteiger charge is 2.52. The van der Waals surface area contributed by atoms with Crippen molar-refractivity contribution < 1.29 is 14.4 Å². The number of benzene rings is 1. The van der Waals surface area contributed by atoms with E-state index in [1.165, 1.54) is 18.4 Å². The SMILES string of the molecule is CC(C)(O)c1cc(B2OC(C)(C)C(C)(C)O2)cc(C2(C)CC2)c1. The Labute approximate surface area is 140 Å². The highest BCUT2D eigenvalue weighted by Crippen LogP contribution is 2.48. The molecular weight excluding hydrogens is 287 g/mol. The van der Waals surface area contributed by atoms with E-state index in [0.717, 1.165) is 11.0 Å². The summed E-state index contributed by atoms with van der Waals surface area (Å²) in [5.41, 5.74) is 1.86. The molecule has 1 aliphatic heterocycles. The van der Waals surface area contributed by atoms with Gasteiger partial charge in [-0.1, -0.05) is 25.1 Å². The van der Waals surface area contributed by atoms with Crippen molar-refractivity contribution in [3.05, 3.63) is 29.3 Å². The fraction of sp³-hybridized carbons (Fsp3) is 0.684. The summed E-state index contributed by atoms with van der Waals surface area (Å²) in [6.07, 6.45) is 2.40. The van der Waals surface area contributed by atoms with Crippen LogP contribution in [0.1, 0.15) is 72.4 Å². The van der Waals surface area contributed by atoms with Gasteiger partial charge >= 0.3 is 7.12 Å². The largest absolute Gasteiger partial charge is 0.494 e. The van der Waals surface area contributed by atoms with Crippen molar-refractivity contribution in [3.8, 4) is 0 Å². The molecule has 0 unspecified atom stereocenters. The highest BCUT2D eigenvalue weighted by atomic mass is 16.7. The van der Waals surface area contributed by atoms with Gasteiger partial charge in [-0.05, 0) is 76.4 Å². The van der Waals surface area contributed by atoms with E-state index in [0.29, 0.717) is 0 Å². The van der Waals surface area contributed by atoms with Gasteiger partial charge in [-0.2, -0.15) is 0 Å². The summed E-state index contributed by atoms with van der Waals surface area (Å²) in [6.45, 7) is 14.2. The zero-order valence-electron chi connectivity index (χ0n) is 15.5. The van der Waals surface area contributed by atoms with Gasteiger partial charge in [-0.3, -0.25) is 0 Å². The molecule has 0 atom stereocenters. The first-order valence-corrected chi connectivity index (χ1v) is 8.58. The summed E-state index contributed by atoms with van der Waals surface area (Å²) in [7, 11) is -0.386. The molecule has 126 valence electrons. The summed E-state index contributed by atoms with van der Waals surface area (Å²) in [6, 6.07) is 6.36. The first-order valence-electron chi connectivity index (χ1n) is 8.58. The van der Waals surface area contributed by atoms with Crippen LogP contribution in [-0.4, -0.2) is 23.4 Å². The second-order valence-electron chi connectivity index (χ2n) is 9.05. The molecule has 0 spiro atoms. The molecule has 4 heteroatoms. The van der Waals surface area contributed by atoms with Crippen molar-refractivity contribution in [1.29, 1.82) is 0 Å². The summed E-state index contributed by atoms with van der Waals surface area (Å²) >= 11 is 0. The lowest BCUT2D eigenvalue weighted by Gasteiger charge is -2.32. The molecular formula is C19H29BO3. The Kier molecular flexibility index (Phi) is 3.58. The maximum Gasteiger partial charge on any atom is 0.494 e. The van der Waals surface area contributed by atoms with Crippen molar-refractivity contribution in [1.82, 2.24) is 0 Å². The Hall–Kier alpha value is -0.835. The van der Waals surface area contributed by atoms with E-state index in [1.807, 2.05) is 19.9 Å². The van der Waals surface area contributed by atoms with Crippen LogP contribution in [0.5, 0.6) is 0 Å². The van der Waals surface area contributed by atoms with Crippen LogP contribution in [-0.2, 0) is 20.3 Å². The number of hydrogen-bond donors (Lipinski definition) is 1. The van der Waals surface area contributed by atoms with E-state index >= 15 is 0 Å². The molecule has 0 amide bonds. The van der Waals surface area contributed by atoms with Gasteiger partial charge in [0.15, 0.2) is 0 Å². The second-order valence-corrected chi connectivity index (χ2v) is 9.05. The van der Waals surface area contributed by atoms with Gasteiger partial charge in [0.1, 0.15) is 0 Å². The molecule has 0 radical (unpaired) electrons. The van der Waals surface area contributed by atoms with Crippen LogP contribution >= 0.6 is 0 Å². The van der Waals surface area contributed by atoms with Crippen LogP contribution in [0, 0.1) is 0 Å². The van der Waals surface area contributed by atoms with Crippen LogP contribution in [0.4, 0.5) is 0 Å². The normalized spacial score (nSPS) is 24.8. The van der Waals surface area contributed by atoms with Crippen molar-refractivity contribution in [2.24, 2.45) is 0 Å². The average molecular weight is 316 g/mol. The quantitative estimate of drug-likeness (QED) is 0.870. The van der Waals surface area contributed by atoms with Crippen molar-refractivity contribution in [2.75, 3.05) is 0 Å². The van der Waals surface area contributed by atoms with E-state index < -0.39 is 5.60 Å². The number of hydrogen-bond acceptors (Lipinski definition) is 3. The lowest BCUT2D eigenvalue weighted by atomic mass is 9.74. The molecule has 2 fully saturated rings. The Morgan fingerprint density at radius 2 is 1.48 bits per heavy atom. The van der Waals surface area contributed by atoms with E-state index in [-0.39, 0.29) is 23.7 Å². The minimum Gasteiger partial charge on any atom is -0.399 e. The van der Waals surface area contributed by atoms with Crippen molar-refractivity contribution in [2.45, 2.75) is 83.5 Å². The van der Waals surface area contributed by atoms with E-state index in [4.69, 9.17) is 9.31 Å². The minimum absolute atomic E-state index is 0.236. The molecule has 1 aromatic carbocycles. The van der Waals surface area contributed by atoms with Crippen LogP contribution < -0.4 is 5.46 Å². The van der Waals surface area contributed by atoms with Crippen LogP contribution in [0.25, 0.3) is 0 Å². The molecule has 3 nitrogen and oxygen atoms in total. The van der Waals surface area contributed by atoms with Gasteiger partial charge in [0.2, 0.25) is 0 Å².